The molecule has 0 heterocycles. The van der Waals surface area contributed by atoms with E-state index in [-0.39, 0.29) is 0 Å². The van der Waals surface area contributed by atoms with Crippen LogP contribution in [0.15, 0.2) is 52.7 Å². The maximum atomic E-state index is 5.94. The van der Waals surface area contributed by atoms with Gasteiger partial charge in [0.2, 0.25) is 0 Å². The SMILES string of the molecule is C=CC\C=C(C(=C)Cl)/C(=C\CC)/N=C\OC. The number of hydrogen-bond donors (Lipinski definition) is 0. The van der Waals surface area contributed by atoms with Crippen LogP contribution in [-0.2, 0) is 4.74 Å². The summed E-state index contributed by atoms with van der Waals surface area (Å²) in [5.74, 6) is 0. The summed E-state index contributed by atoms with van der Waals surface area (Å²) in [6.45, 7) is 9.42. The monoisotopic (exact) mass is 239 g/mol. The summed E-state index contributed by atoms with van der Waals surface area (Å²) in [6, 6.07) is 0. The molecule has 0 amide bonds. The van der Waals surface area contributed by atoms with Gasteiger partial charge in [-0.05, 0) is 12.8 Å². The number of aliphatic imine (C=N–C) groups is 1. The highest BCUT2D eigenvalue weighted by atomic mass is 35.5. The third-order valence-electron chi connectivity index (χ3n) is 1.75. The van der Waals surface area contributed by atoms with E-state index in [1.807, 2.05) is 19.1 Å². The van der Waals surface area contributed by atoms with E-state index in [0.717, 1.165) is 24.1 Å². The van der Waals surface area contributed by atoms with Crippen molar-refractivity contribution in [2.24, 2.45) is 4.99 Å². The summed E-state index contributed by atoms with van der Waals surface area (Å²) >= 11 is 5.94. The molecule has 0 saturated carbocycles. The highest BCUT2D eigenvalue weighted by molar-refractivity contribution is 6.32. The Morgan fingerprint density at radius 2 is 2.12 bits per heavy atom. The van der Waals surface area contributed by atoms with Gasteiger partial charge in [0.05, 0.1) is 12.8 Å². The van der Waals surface area contributed by atoms with Gasteiger partial charge in [-0.15, -0.1) is 6.58 Å². The largest absolute Gasteiger partial charge is 0.486 e. The molecule has 0 rings (SSSR count). The molecule has 0 saturated heterocycles. The molecule has 0 atom stereocenters. The van der Waals surface area contributed by atoms with Crippen molar-refractivity contribution >= 4 is 18.0 Å². The first-order valence-corrected chi connectivity index (χ1v) is 5.46. The standard InChI is InChI=1S/C13H18ClNO/c1-5-7-9-12(11(3)14)13(8-6-2)15-10-16-4/h5,8-10H,1,3,6-7H2,2,4H3/b12-9-,13-8+,15-10-. The predicted octanol–water partition coefficient (Wildman–Crippen LogP) is 4.21. The molecule has 0 N–H and O–H groups in total. The van der Waals surface area contributed by atoms with Crippen LogP contribution in [0, 0.1) is 0 Å². The lowest BCUT2D eigenvalue weighted by Crippen LogP contribution is -1.90. The van der Waals surface area contributed by atoms with Crippen LogP contribution < -0.4 is 0 Å². The van der Waals surface area contributed by atoms with Crippen molar-refractivity contribution in [1.29, 1.82) is 0 Å². The highest BCUT2D eigenvalue weighted by Gasteiger charge is 2.05. The second-order valence-electron chi connectivity index (χ2n) is 3.01. The maximum absolute atomic E-state index is 5.94. The van der Waals surface area contributed by atoms with Crippen LogP contribution in [0.3, 0.4) is 0 Å². The van der Waals surface area contributed by atoms with Gasteiger partial charge >= 0.3 is 0 Å². The van der Waals surface area contributed by atoms with E-state index in [0.29, 0.717) is 5.03 Å². The van der Waals surface area contributed by atoms with E-state index in [9.17, 15) is 0 Å². The van der Waals surface area contributed by atoms with Gasteiger partial charge < -0.3 is 4.74 Å². The number of hydrogen-bond acceptors (Lipinski definition) is 2. The Hall–Kier alpha value is -1.28. The summed E-state index contributed by atoms with van der Waals surface area (Å²) in [4.78, 5) is 4.17. The molecule has 16 heavy (non-hydrogen) atoms. The minimum Gasteiger partial charge on any atom is -0.486 e. The number of nitrogens with zero attached hydrogens (tertiary/aromatic N) is 1. The first-order chi connectivity index (χ1) is 7.67. The van der Waals surface area contributed by atoms with E-state index in [1.54, 1.807) is 13.2 Å². The molecule has 0 bridgehead atoms. The van der Waals surface area contributed by atoms with Gasteiger partial charge in [0, 0.05) is 10.6 Å². The molecule has 0 aliphatic rings. The molecule has 2 nitrogen and oxygen atoms in total. The lowest BCUT2D eigenvalue weighted by atomic mass is 10.1. The Morgan fingerprint density at radius 1 is 1.44 bits per heavy atom. The topological polar surface area (TPSA) is 21.6 Å². The Labute approximate surface area is 103 Å². The lowest BCUT2D eigenvalue weighted by Gasteiger charge is -2.05. The smallest absolute Gasteiger partial charge is 0.174 e. The number of methoxy groups -OCH3 is 1. The highest BCUT2D eigenvalue weighted by Crippen LogP contribution is 2.23. The molecule has 0 radical (unpaired) electrons. The van der Waals surface area contributed by atoms with E-state index in [4.69, 9.17) is 16.3 Å². The van der Waals surface area contributed by atoms with Gasteiger partial charge in [0.1, 0.15) is 0 Å². The van der Waals surface area contributed by atoms with E-state index < -0.39 is 0 Å². The molecule has 3 heteroatoms. The van der Waals surface area contributed by atoms with Gasteiger partial charge in [-0.1, -0.05) is 43.3 Å². The molecular weight excluding hydrogens is 222 g/mol. The van der Waals surface area contributed by atoms with Crippen molar-refractivity contribution in [3.8, 4) is 0 Å². The fourth-order valence-electron chi connectivity index (χ4n) is 1.09. The van der Waals surface area contributed by atoms with E-state index in [1.165, 1.54) is 6.40 Å². The van der Waals surface area contributed by atoms with Crippen LogP contribution in [0.1, 0.15) is 19.8 Å². The third-order valence-corrected chi connectivity index (χ3v) is 1.96. The minimum atomic E-state index is 0.467. The average molecular weight is 240 g/mol. The van der Waals surface area contributed by atoms with Crippen molar-refractivity contribution in [2.45, 2.75) is 19.8 Å². The molecule has 0 aliphatic carbocycles. The summed E-state index contributed by atoms with van der Waals surface area (Å²) in [7, 11) is 1.55. The molecule has 0 unspecified atom stereocenters. The van der Waals surface area contributed by atoms with Gasteiger partial charge in [-0.2, -0.15) is 0 Å². The fraction of sp³-hybridized carbons (Fsp3) is 0.308. The summed E-state index contributed by atoms with van der Waals surface area (Å²) < 4.78 is 4.80. The number of allylic oxidation sites excluding steroid dienone is 4. The second kappa shape index (κ2) is 8.98. The second-order valence-corrected chi connectivity index (χ2v) is 3.47. The molecular formula is C13H18ClNO. The van der Waals surface area contributed by atoms with Crippen LogP contribution in [0.2, 0.25) is 0 Å². The fourth-order valence-corrected chi connectivity index (χ4v) is 1.26. The van der Waals surface area contributed by atoms with Crippen LogP contribution in [0.4, 0.5) is 0 Å². The average Bonchev–Trinajstić information content (AvgIpc) is 2.25. The molecule has 0 aromatic carbocycles. The minimum absolute atomic E-state index is 0.467. The van der Waals surface area contributed by atoms with E-state index in [2.05, 4.69) is 18.2 Å². The number of ether oxygens (including phenoxy) is 1. The summed E-state index contributed by atoms with van der Waals surface area (Å²) in [5, 5.41) is 0.467. The third kappa shape index (κ3) is 5.56. The van der Waals surface area contributed by atoms with Gasteiger partial charge in [-0.25, -0.2) is 4.99 Å². The molecule has 0 fully saturated rings. The van der Waals surface area contributed by atoms with Crippen LogP contribution in [-0.4, -0.2) is 13.5 Å². The van der Waals surface area contributed by atoms with Crippen molar-refractivity contribution in [3.05, 3.63) is 47.7 Å². The van der Waals surface area contributed by atoms with Crippen LogP contribution >= 0.6 is 11.6 Å². The van der Waals surface area contributed by atoms with Crippen LogP contribution in [0.5, 0.6) is 0 Å². The Morgan fingerprint density at radius 3 is 2.56 bits per heavy atom. The van der Waals surface area contributed by atoms with Crippen molar-refractivity contribution in [1.82, 2.24) is 0 Å². The zero-order chi connectivity index (χ0) is 12.4. The molecule has 0 aromatic rings. The number of halogens is 1. The number of rotatable bonds is 7. The van der Waals surface area contributed by atoms with Gasteiger partial charge in [-0.3, -0.25) is 0 Å². The van der Waals surface area contributed by atoms with Crippen molar-refractivity contribution in [3.63, 3.8) is 0 Å². The van der Waals surface area contributed by atoms with Gasteiger partial charge in [0.15, 0.2) is 6.40 Å². The molecule has 0 aliphatic heterocycles. The normalized spacial score (nSPS) is 12.9. The quantitative estimate of drug-likeness (QED) is 0.282. The molecule has 0 spiro atoms. The predicted molar refractivity (Wildman–Crippen MR) is 71.8 cm³/mol. The summed E-state index contributed by atoms with van der Waals surface area (Å²) in [6.07, 6.45) is 8.68. The molecule has 0 aromatic heterocycles. The first-order valence-electron chi connectivity index (χ1n) is 5.09. The maximum Gasteiger partial charge on any atom is 0.174 e. The van der Waals surface area contributed by atoms with E-state index >= 15 is 0 Å². The van der Waals surface area contributed by atoms with Crippen molar-refractivity contribution in [2.75, 3.05) is 7.11 Å². The Balaban J connectivity index is 5.10. The summed E-state index contributed by atoms with van der Waals surface area (Å²) in [5.41, 5.74) is 1.59. The van der Waals surface area contributed by atoms with Crippen LogP contribution in [0.25, 0.3) is 0 Å². The molecule has 88 valence electrons. The van der Waals surface area contributed by atoms with Gasteiger partial charge in [0.25, 0.3) is 0 Å². The Kier molecular flexibility index (Phi) is 8.26. The Bertz CT molecular complexity index is 327. The first kappa shape index (κ1) is 14.7. The zero-order valence-corrected chi connectivity index (χ0v) is 10.6. The lowest BCUT2D eigenvalue weighted by molar-refractivity contribution is 0.422. The van der Waals surface area contributed by atoms with Crippen molar-refractivity contribution < 1.29 is 4.74 Å². The zero-order valence-electron chi connectivity index (χ0n) is 9.87.